The Balaban J connectivity index is 1.51. The summed E-state index contributed by atoms with van der Waals surface area (Å²) in [6.07, 6.45) is 49.9. The number of likely N-dealkylation sites (tertiary alicyclic amines) is 1. The highest BCUT2D eigenvalue weighted by Gasteiger charge is 2.34. The topological polar surface area (TPSA) is 21.7 Å². The second-order valence-electron chi connectivity index (χ2n) is 14.7. The molecule has 2 rings (SSSR count). The zero-order valence-electron chi connectivity index (χ0n) is 32.9. The van der Waals surface area contributed by atoms with Gasteiger partial charge in [-0.05, 0) is 82.6 Å². The van der Waals surface area contributed by atoms with Crippen molar-refractivity contribution < 1.29 is 9.47 Å². The minimum Gasteiger partial charge on any atom is -0.374 e. The molecule has 2 atom stereocenters. The highest BCUT2D eigenvalue weighted by molar-refractivity contribution is 5.15. The van der Waals surface area contributed by atoms with E-state index >= 15 is 0 Å². The van der Waals surface area contributed by atoms with Crippen LogP contribution in [0.3, 0.4) is 0 Å². The van der Waals surface area contributed by atoms with Crippen molar-refractivity contribution in [3.63, 3.8) is 0 Å². The Labute approximate surface area is 311 Å². The number of rotatable bonds is 34. The fourth-order valence-electron chi connectivity index (χ4n) is 6.76. The fourth-order valence-corrected chi connectivity index (χ4v) is 6.76. The molecule has 2 unspecified atom stereocenters. The van der Waals surface area contributed by atoms with Gasteiger partial charge >= 0.3 is 0 Å². The zero-order chi connectivity index (χ0) is 35.4. The molecule has 50 heavy (non-hydrogen) atoms. The van der Waals surface area contributed by atoms with E-state index in [-0.39, 0.29) is 12.2 Å². The van der Waals surface area contributed by atoms with E-state index in [9.17, 15) is 0 Å². The summed E-state index contributed by atoms with van der Waals surface area (Å²) in [7, 11) is 0. The third-order valence-corrected chi connectivity index (χ3v) is 9.89. The van der Waals surface area contributed by atoms with E-state index < -0.39 is 0 Å². The second-order valence-corrected chi connectivity index (χ2v) is 14.7. The van der Waals surface area contributed by atoms with Crippen molar-refractivity contribution in [3.05, 3.63) is 84.5 Å². The van der Waals surface area contributed by atoms with E-state index in [0.29, 0.717) is 0 Å². The maximum absolute atomic E-state index is 6.50. The van der Waals surface area contributed by atoms with Gasteiger partial charge in [0.15, 0.2) is 0 Å². The maximum atomic E-state index is 6.50. The molecule has 1 aromatic carbocycles. The number of benzene rings is 1. The summed E-state index contributed by atoms with van der Waals surface area (Å²) in [5.41, 5.74) is 1.38. The lowest BCUT2D eigenvalue weighted by Gasteiger charge is -2.20. The largest absolute Gasteiger partial charge is 0.374 e. The molecule has 0 aromatic heterocycles. The van der Waals surface area contributed by atoms with Crippen molar-refractivity contribution in [1.29, 1.82) is 0 Å². The number of allylic oxidation sites excluding steroid dienone is 8. The molecule has 1 saturated heterocycles. The third-order valence-electron chi connectivity index (χ3n) is 9.89. The number of unbranched alkanes of at least 4 members (excludes halogenated alkanes) is 18. The summed E-state index contributed by atoms with van der Waals surface area (Å²) in [5, 5.41) is 0. The fraction of sp³-hybridized carbons (Fsp3) is 0.702. The summed E-state index contributed by atoms with van der Waals surface area (Å²) < 4.78 is 13.0. The average Bonchev–Trinajstić information content (AvgIpc) is 3.51. The molecule has 0 N–H and O–H groups in total. The molecule has 0 radical (unpaired) electrons. The quantitative estimate of drug-likeness (QED) is 0.0531. The van der Waals surface area contributed by atoms with Gasteiger partial charge in [0.2, 0.25) is 0 Å². The van der Waals surface area contributed by atoms with Gasteiger partial charge in [0.05, 0.1) is 12.2 Å². The third kappa shape index (κ3) is 25.9. The Morgan fingerprint density at radius 2 is 0.860 bits per heavy atom. The Kier molecular flexibility index (Phi) is 30.2. The van der Waals surface area contributed by atoms with Crippen LogP contribution in [0.5, 0.6) is 0 Å². The summed E-state index contributed by atoms with van der Waals surface area (Å²) in [6, 6.07) is 10.9. The molecule has 1 aliphatic rings. The summed E-state index contributed by atoms with van der Waals surface area (Å²) in [6.45, 7) is 9.20. The van der Waals surface area contributed by atoms with E-state index in [1.165, 1.54) is 147 Å². The van der Waals surface area contributed by atoms with Crippen molar-refractivity contribution >= 4 is 0 Å². The molecule has 0 saturated carbocycles. The zero-order valence-corrected chi connectivity index (χ0v) is 32.9. The van der Waals surface area contributed by atoms with E-state index in [0.717, 1.165) is 45.7 Å². The number of hydrogen-bond donors (Lipinski definition) is 0. The maximum Gasteiger partial charge on any atom is 0.0975 e. The Morgan fingerprint density at radius 1 is 0.480 bits per heavy atom. The molecule has 3 heteroatoms. The summed E-state index contributed by atoms with van der Waals surface area (Å²) in [4.78, 5) is 2.53. The molecule has 0 aliphatic carbocycles. The predicted molar refractivity (Wildman–Crippen MR) is 220 cm³/mol. The first kappa shape index (κ1) is 44.2. The van der Waals surface area contributed by atoms with Crippen LogP contribution >= 0.6 is 0 Å². The molecule has 0 spiro atoms. The van der Waals surface area contributed by atoms with Gasteiger partial charge in [-0.1, -0.05) is 170 Å². The van der Waals surface area contributed by atoms with Gasteiger partial charge in [-0.15, -0.1) is 0 Å². The van der Waals surface area contributed by atoms with Crippen molar-refractivity contribution in [3.8, 4) is 0 Å². The van der Waals surface area contributed by atoms with Crippen molar-refractivity contribution in [2.45, 2.75) is 187 Å². The number of nitrogens with zero attached hydrogens (tertiary/aromatic N) is 1. The normalized spacial score (nSPS) is 17.2. The van der Waals surface area contributed by atoms with Crippen LogP contribution in [-0.2, 0) is 16.0 Å². The van der Waals surface area contributed by atoms with E-state index in [4.69, 9.17) is 9.47 Å². The molecule has 0 bridgehead atoms. The lowest BCUT2D eigenvalue weighted by molar-refractivity contribution is -0.0481. The van der Waals surface area contributed by atoms with Gasteiger partial charge in [0.1, 0.15) is 0 Å². The predicted octanol–water partition coefficient (Wildman–Crippen LogP) is 13.9. The molecule has 1 fully saturated rings. The summed E-state index contributed by atoms with van der Waals surface area (Å²) >= 11 is 0. The van der Waals surface area contributed by atoms with Gasteiger partial charge in [0.25, 0.3) is 0 Å². The number of hydrogen-bond acceptors (Lipinski definition) is 3. The van der Waals surface area contributed by atoms with E-state index in [1.807, 2.05) is 0 Å². The highest BCUT2D eigenvalue weighted by Crippen LogP contribution is 2.21. The SMILES string of the molecule is CCCCCC=CCC=CCCCCCCCCOC1CN(Cc2ccccc2)CC1OCCCCCCCCC=CCC=CCCCCC. The van der Waals surface area contributed by atoms with E-state index in [2.05, 4.69) is 97.7 Å². The molecule has 1 aromatic rings. The van der Waals surface area contributed by atoms with Crippen LogP contribution in [0.15, 0.2) is 78.9 Å². The van der Waals surface area contributed by atoms with Crippen LogP contribution in [-0.4, -0.2) is 43.4 Å². The van der Waals surface area contributed by atoms with Gasteiger partial charge in [0, 0.05) is 32.8 Å². The molecule has 0 amide bonds. The monoisotopic (exact) mass is 690 g/mol. The van der Waals surface area contributed by atoms with Crippen LogP contribution in [0.4, 0.5) is 0 Å². The first-order valence-corrected chi connectivity index (χ1v) is 21.4. The van der Waals surface area contributed by atoms with Gasteiger partial charge in [-0.2, -0.15) is 0 Å². The lowest BCUT2D eigenvalue weighted by Crippen LogP contribution is -2.30. The minimum atomic E-state index is 0.196. The Bertz CT molecular complexity index is 909. The van der Waals surface area contributed by atoms with Crippen LogP contribution in [0, 0.1) is 0 Å². The van der Waals surface area contributed by atoms with Gasteiger partial charge in [-0.25, -0.2) is 0 Å². The van der Waals surface area contributed by atoms with Crippen LogP contribution < -0.4 is 0 Å². The smallest absolute Gasteiger partial charge is 0.0975 e. The average molecular weight is 690 g/mol. The van der Waals surface area contributed by atoms with Crippen molar-refractivity contribution in [2.75, 3.05) is 26.3 Å². The van der Waals surface area contributed by atoms with Crippen molar-refractivity contribution in [2.24, 2.45) is 0 Å². The van der Waals surface area contributed by atoms with Crippen LogP contribution in [0.1, 0.15) is 174 Å². The molecule has 1 aliphatic heterocycles. The molecule has 3 nitrogen and oxygen atoms in total. The molecule has 1 heterocycles. The van der Waals surface area contributed by atoms with Crippen LogP contribution in [0.25, 0.3) is 0 Å². The number of ether oxygens (including phenoxy) is 2. The van der Waals surface area contributed by atoms with Crippen LogP contribution in [0.2, 0.25) is 0 Å². The first-order chi connectivity index (χ1) is 24.8. The van der Waals surface area contributed by atoms with Gasteiger partial charge in [-0.3, -0.25) is 4.90 Å². The Morgan fingerprint density at radius 3 is 1.28 bits per heavy atom. The molecule has 284 valence electrons. The second kappa shape index (κ2) is 34.2. The van der Waals surface area contributed by atoms with Gasteiger partial charge < -0.3 is 9.47 Å². The lowest BCUT2D eigenvalue weighted by atomic mass is 10.1. The highest BCUT2D eigenvalue weighted by atomic mass is 16.5. The standard InChI is InChI=1S/C47H79NO2/c1-3-5-7-9-11-13-15-17-19-21-23-25-27-29-31-36-40-49-46-43-48(42-45-38-34-33-35-39-45)44-47(46)50-41-37-32-30-28-26-24-22-20-18-16-14-12-10-8-6-4-2/h11-14,17-20,33-35,38-39,46-47H,3-10,15-16,21-32,36-37,40-44H2,1-2H3. The molecular formula is C47H79NO2. The Hall–Kier alpha value is -1.94. The van der Waals surface area contributed by atoms with Crippen molar-refractivity contribution in [1.82, 2.24) is 4.90 Å². The van der Waals surface area contributed by atoms with E-state index in [1.54, 1.807) is 0 Å². The summed E-state index contributed by atoms with van der Waals surface area (Å²) in [5.74, 6) is 0. The molecular weight excluding hydrogens is 611 g/mol. The first-order valence-electron chi connectivity index (χ1n) is 21.4. The minimum absolute atomic E-state index is 0.196.